The fourth-order valence-corrected chi connectivity index (χ4v) is 2.00. The Labute approximate surface area is 98.7 Å². The highest BCUT2D eigenvalue weighted by Gasteiger charge is 2.17. The van der Waals surface area contributed by atoms with Crippen LogP contribution in [0.3, 0.4) is 0 Å². The topological polar surface area (TPSA) is 32.3 Å². The Morgan fingerprint density at radius 3 is 2.38 bits per heavy atom. The van der Waals surface area contributed by atoms with Crippen LogP contribution in [0.1, 0.15) is 45.3 Å². The molecule has 3 unspecified atom stereocenters. The summed E-state index contributed by atoms with van der Waals surface area (Å²) in [7, 11) is 0. The summed E-state index contributed by atoms with van der Waals surface area (Å²) in [5, 5.41) is 13.6. The van der Waals surface area contributed by atoms with Crippen LogP contribution in [-0.4, -0.2) is 17.2 Å². The second kappa shape index (κ2) is 6.66. The number of nitrogens with one attached hydrogen (secondary N) is 1. The zero-order chi connectivity index (χ0) is 12.0. The monoisotopic (exact) mass is 221 g/mol. The minimum Gasteiger partial charge on any atom is -0.387 e. The first-order valence-electron chi connectivity index (χ1n) is 6.14. The molecular formula is C14H23NO. The molecule has 2 N–H and O–H groups in total. The van der Waals surface area contributed by atoms with Crippen LogP contribution in [0.25, 0.3) is 0 Å². The van der Waals surface area contributed by atoms with Crippen LogP contribution in [0.15, 0.2) is 30.3 Å². The average molecular weight is 221 g/mol. The molecule has 1 aromatic carbocycles. The van der Waals surface area contributed by atoms with Crippen LogP contribution in [0.2, 0.25) is 0 Å². The van der Waals surface area contributed by atoms with E-state index in [1.165, 1.54) is 6.42 Å². The average Bonchev–Trinajstić information content (AvgIpc) is 2.29. The van der Waals surface area contributed by atoms with Gasteiger partial charge in [0.1, 0.15) is 0 Å². The molecule has 0 fully saturated rings. The number of aliphatic hydroxyl groups is 1. The van der Waals surface area contributed by atoms with Crippen molar-refractivity contribution in [3.8, 4) is 0 Å². The first-order chi connectivity index (χ1) is 7.65. The lowest BCUT2D eigenvalue weighted by molar-refractivity contribution is 0.129. The molecule has 0 saturated heterocycles. The van der Waals surface area contributed by atoms with Crippen molar-refractivity contribution in [2.24, 2.45) is 0 Å². The van der Waals surface area contributed by atoms with Gasteiger partial charge < -0.3 is 10.4 Å². The number of hydrogen-bond acceptors (Lipinski definition) is 2. The van der Waals surface area contributed by atoms with Gasteiger partial charge in [-0.15, -0.1) is 0 Å². The maximum absolute atomic E-state index is 10.1. The molecular weight excluding hydrogens is 198 g/mol. The Hall–Kier alpha value is -0.860. The van der Waals surface area contributed by atoms with E-state index in [4.69, 9.17) is 0 Å². The second-order valence-corrected chi connectivity index (χ2v) is 4.50. The molecule has 0 heterocycles. The SMILES string of the molecule is CCCC(C)NC(C)C(O)c1ccccc1. The van der Waals surface area contributed by atoms with Gasteiger partial charge in [0.15, 0.2) is 0 Å². The predicted octanol–water partition coefficient (Wildman–Crippen LogP) is 2.89. The summed E-state index contributed by atoms with van der Waals surface area (Å²) in [6, 6.07) is 10.4. The van der Waals surface area contributed by atoms with Gasteiger partial charge in [0, 0.05) is 12.1 Å². The van der Waals surface area contributed by atoms with Gasteiger partial charge in [0.05, 0.1) is 6.10 Å². The van der Waals surface area contributed by atoms with Crippen molar-refractivity contribution in [2.75, 3.05) is 0 Å². The van der Waals surface area contributed by atoms with Crippen molar-refractivity contribution < 1.29 is 5.11 Å². The first-order valence-corrected chi connectivity index (χ1v) is 6.14. The third kappa shape index (κ3) is 3.95. The van der Waals surface area contributed by atoms with E-state index >= 15 is 0 Å². The van der Waals surface area contributed by atoms with Gasteiger partial charge in [-0.25, -0.2) is 0 Å². The molecule has 2 heteroatoms. The summed E-state index contributed by atoms with van der Waals surface area (Å²) in [6.07, 6.45) is 1.88. The van der Waals surface area contributed by atoms with Crippen molar-refractivity contribution >= 4 is 0 Å². The number of aliphatic hydroxyl groups excluding tert-OH is 1. The highest BCUT2D eigenvalue weighted by molar-refractivity contribution is 5.18. The molecule has 3 atom stereocenters. The molecule has 90 valence electrons. The molecule has 0 amide bonds. The third-order valence-electron chi connectivity index (χ3n) is 2.88. The lowest BCUT2D eigenvalue weighted by Gasteiger charge is -2.24. The highest BCUT2D eigenvalue weighted by atomic mass is 16.3. The Balaban J connectivity index is 2.51. The second-order valence-electron chi connectivity index (χ2n) is 4.50. The third-order valence-corrected chi connectivity index (χ3v) is 2.88. The maximum Gasteiger partial charge on any atom is 0.0940 e. The smallest absolute Gasteiger partial charge is 0.0940 e. The van der Waals surface area contributed by atoms with E-state index in [1.807, 2.05) is 37.3 Å². The number of rotatable bonds is 6. The molecule has 2 nitrogen and oxygen atoms in total. The molecule has 0 bridgehead atoms. The van der Waals surface area contributed by atoms with E-state index in [0.29, 0.717) is 6.04 Å². The summed E-state index contributed by atoms with van der Waals surface area (Å²) >= 11 is 0. The minimum absolute atomic E-state index is 0.0870. The maximum atomic E-state index is 10.1. The van der Waals surface area contributed by atoms with Crippen molar-refractivity contribution in [1.82, 2.24) is 5.32 Å². The molecule has 0 aliphatic rings. The van der Waals surface area contributed by atoms with Crippen molar-refractivity contribution in [3.63, 3.8) is 0 Å². The number of hydrogen-bond donors (Lipinski definition) is 2. The zero-order valence-corrected chi connectivity index (χ0v) is 10.5. The molecule has 0 saturated carbocycles. The van der Waals surface area contributed by atoms with Crippen LogP contribution in [-0.2, 0) is 0 Å². The van der Waals surface area contributed by atoms with Crippen LogP contribution < -0.4 is 5.32 Å². The molecule has 0 spiro atoms. The lowest BCUT2D eigenvalue weighted by atomic mass is 10.0. The zero-order valence-electron chi connectivity index (χ0n) is 10.5. The van der Waals surface area contributed by atoms with Gasteiger partial charge in [-0.3, -0.25) is 0 Å². The van der Waals surface area contributed by atoms with Gasteiger partial charge in [-0.2, -0.15) is 0 Å². The Kier molecular flexibility index (Phi) is 5.50. The normalized spacial score (nSPS) is 16.8. The van der Waals surface area contributed by atoms with E-state index in [0.717, 1.165) is 12.0 Å². The van der Waals surface area contributed by atoms with Crippen molar-refractivity contribution in [1.29, 1.82) is 0 Å². The van der Waals surface area contributed by atoms with E-state index in [-0.39, 0.29) is 6.04 Å². The quantitative estimate of drug-likeness (QED) is 0.774. The predicted molar refractivity (Wildman–Crippen MR) is 68.4 cm³/mol. The van der Waals surface area contributed by atoms with Crippen LogP contribution in [0.4, 0.5) is 0 Å². The van der Waals surface area contributed by atoms with Gasteiger partial charge in [-0.1, -0.05) is 43.7 Å². The summed E-state index contributed by atoms with van der Waals surface area (Å²) in [5.74, 6) is 0. The molecule has 1 rings (SSSR count). The van der Waals surface area contributed by atoms with Crippen LogP contribution in [0, 0.1) is 0 Å². The molecule has 0 aromatic heterocycles. The molecule has 0 aliphatic carbocycles. The summed E-state index contributed by atoms with van der Waals surface area (Å²) in [4.78, 5) is 0. The summed E-state index contributed by atoms with van der Waals surface area (Å²) in [5.41, 5.74) is 0.978. The largest absolute Gasteiger partial charge is 0.387 e. The van der Waals surface area contributed by atoms with Crippen molar-refractivity contribution in [2.45, 2.75) is 51.8 Å². The van der Waals surface area contributed by atoms with Gasteiger partial charge in [0.25, 0.3) is 0 Å². The van der Waals surface area contributed by atoms with Crippen LogP contribution >= 0.6 is 0 Å². The lowest BCUT2D eigenvalue weighted by Crippen LogP contribution is -2.38. The van der Waals surface area contributed by atoms with E-state index in [2.05, 4.69) is 19.2 Å². The molecule has 0 radical (unpaired) electrons. The summed E-state index contributed by atoms with van der Waals surface area (Å²) < 4.78 is 0. The minimum atomic E-state index is -0.430. The van der Waals surface area contributed by atoms with E-state index in [9.17, 15) is 5.11 Å². The first kappa shape index (κ1) is 13.2. The van der Waals surface area contributed by atoms with E-state index in [1.54, 1.807) is 0 Å². The van der Waals surface area contributed by atoms with Gasteiger partial charge in [-0.05, 0) is 25.8 Å². The standard InChI is InChI=1S/C14H23NO/c1-4-8-11(2)15-12(3)14(16)13-9-6-5-7-10-13/h5-7,9-12,14-16H,4,8H2,1-3H3. The highest BCUT2D eigenvalue weighted by Crippen LogP contribution is 2.16. The molecule has 1 aromatic rings. The van der Waals surface area contributed by atoms with Crippen LogP contribution in [0.5, 0.6) is 0 Å². The Morgan fingerprint density at radius 2 is 1.81 bits per heavy atom. The van der Waals surface area contributed by atoms with Gasteiger partial charge >= 0.3 is 0 Å². The molecule has 16 heavy (non-hydrogen) atoms. The van der Waals surface area contributed by atoms with E-state index < -0.39 is 6.10 Å². The number of benzene rings is 1. The summed E-state index contributed by atoms with van der Waals surface area (Å²) in [6.45, 7) is 6.37. The fourth-order valence-electron chi connectivity index (χ4n) is 2.00. The fraction of sp³-hybridized carbons (Fsp3) is 0.571. The van der Waals surface area contributed by atoms with Gasteiger partial charge in [0.2, 0.25) is 0 Å². The Bertz CT molecular complexity index is 286. The van der Waals surface area contributed by atoms with Crippen molar-refractivity contribution in [3.05, 3.63) is 35.9 Å². The Morgan fingerprint density at radius 1 is 1.19 bits per heavy atom. The molecule has 0 aliphatic heterocycles.